The standard InChI is InChI=1S/C20H19N3O6/c1-12-17(19(25)29-10-9-13-5-3-2-4-6-13)18(22-20(26)21-12)14-7-8-16(24)15(11-14)23(27)28/h2-8,11,18,24H,9-10H2,1H3,(H2,21,22,26)/p-1/t18-/m1/s1. The highest BCUT2D eigenvalue weighted by atomic mass is 16.6. The monoisotopic (exact) mass is 396 g/mol. The molecule has 2 aromatic carbocycles. The van der Waals surface area contributed by atoms with Crippen LogP contribution in [0.25, 0.3) is 0 Å². The van der Waals surface area contributed by atoms with E-state index in [-0.39, 0.29) is 23.4 Å². The van der Waals surface area contributed by atoms with Crippen molar-refractivity contribution in [1.29, 1.82) is 0 Å². The molecule has 0 bridgehead atoms. The van der Waals surface area contributed by atoms with Gasteiger partial charge >= 0.3 is 12.0 Å². The molecule has 1 heterocycles. The van der Waals surface area contributed by atoms with E-state index in [1.54, 1.807) is 0 Å². The van der Waals surface area contributed by atoms with Crippen molar-refractivity contribution in [3.63, 3.8) is 0 Å². The Morgan fingerprint density at radius 3 is 2.62 bits per heavy atom. The summed E-state index contributed by atoms with van der Waals surface area (Å²) in [5.41, 5.74) is 0.993. The zero-order valence-electron chi connectivity index (χ0n) is 15.5. The minimum atomic E-state index is -0.979. The van der Waals surface area contributed by atoms with Crippen LogP contribution in [0.2, 0.25) is 0 Å². The van der Waals surface area contributed by atoms with E-state index in [9.17, 15) is 24.8 Å². The number of ether oxygens (including phenoxy) is 1. The van der Waals surface area contributed by atoms with Gasteiger partial charge in [-0.05, 0) is 23.8 Å². The SMILES string of the molecule is CC1=C(C(=O)OCCc2ccccc2)[C@@H](c2ccc([O-])c([N+](=O)[O-])c2)NC(=O)N1. The van der Waals surface area contributed by atoms with E-state index < -0.39 is 34.4 Å². The van der Waals surface area contributed by atoms with Crippen molar-refractivity contribution in [2.24, 2.45) is 0 Å². The number of nitrogens with one attached hydrogen (secondary N) is 2. The summed E-state index contributed by atoms with van der Waals surface area (Å²) in [6.45, 7) is 1.66. The fraction of sp³-hybridized carbons (Fsp3) is 0.200. The lowest BCUT2D eigenvalue weighted by Crippen LogP contribution is -2.45. The Kier molecular flexibility index (Phi) is 5.77. The van der Waals surface area contributed by atoms with Crippen molar-refractivity contribution in [3.8, 4) is 5.75 Å². The van der Waals surface area contributed by atoms with Gasteiger partial charge in [0.05, 0.1) is 23.1 Å². The Morgan fingerprint density at radius 1 is 1.21 bits per heavy atom. The van der Waals surface area contributed by atoms with Crippen LogP contribution in [0.1, 0.15) is 24.1 Å². The van der Waals surface area contributed by atoms with Gasteiger partial charge < -0.3 is 20.5 Å². The quantitative estimate of drug-likeness (QED) is 0.436. The molecule has 0 aromatic heterocycles. The van der Waals surface area contributed by atoms with E-state index in [2.05, 4.69) is 10.6 Å². The molecule has 3 rings (SSSR count). The number of nitro groups is 1. The minimum absolute atomic E-state index is 0.116. The topological polar surface area (TPSA) is 134 Å². The third kappa shape index (κ3) is 4.52. The molecule has 0 radical (unpaired) electrons. The highest BCUT2D eigenvalue weighted by molar-refractivity contribution is 5.95. The molecular weight excluding hydrogens is 378 g/mol. The summed E-state index contributed by atoms with van der Waals surface area (Å²) in [6.07, 6.45) is 0.514. The first-order valence-electron chi connectivity index (χ1n) is 8.81. The van der Waals surface area contributed by atoms with E-state index in [0.717, 1.165) is 17.7 Å². The first-order valence-corrected chi connectivity index (χ1v) is 8.81. The molecule has 1 aliphatic heterocycles. The van der Waals surface area contributed by atoms with Crippen LogP contribution in [0.3, 0.4) is 0 Å². The first kappa shape index (κ1) is 19.9. The number of carbonyl (C=O) groups excluding carboxylic acids is 2. The number of nitrogens with zero attached hydrogens (tertiary/aromatic N) is 1. The third-order valence-electron chi connectivity index (χ3n) is 4.47. The molecule has 0 unspecified atom stereocenters. The lowest BCUT2D eigenvalue weighted by molar-refractivity contribution is -0.398. The smallest absolute Gasteiger partial charge is 0.338 e. The van der Waals surface area contributed by atoms with Crippen molar-refractivity contribution in [2.75, 3.05) is 6.61 Å². The molecule has 0 aliphatic carbocycles. The molecule has 1 aliphatic rings. The second-order valence-corrected chi connectivity index (χ2v) is 6.43. The lowest BCUT2D eigenvalue weighted by Gasteiger charge is -2.28. The molecule has 9 heteroatoms. The number of hydrogen-bond donors (Lipinski definition) is 2. The van der Waals surface area contributed by atoms with Gasteiger partial charge in [0.25, 0.3) is 5.69 Å². The zero-order chi connectivity index (χ0) is 21.0. The average Bonchev–Trinajstić information content (AvgIpc) is 2.68. The van der Waals surface area contributed by atoms with E-state index in [0.29, 0.717) is 6.42 Å². The minimum Gasteiger partial charge on any atom is -0.868 e. The molecule has 2 aromatic rings. The second kappa shape index (κ2) is 8.42. The normalized spacial score (nSPS) is 16.0. The Bertz CT molecular complexity index is 987. The molecule has 29 heavy (non-hydrogen) atoms. The second-order valence-electron chi connectivity index (χ2n) is 6.43. The van der Waals surface area contributed by atoms with Gasteiger partial charge in [-0.25, -0.2) is 9.59 Å². The number of amides is 2. The molecule has 150 valence electrons. The van der Waals surface area contributed by atoms with Gasteiger partial charge in [0, 0.05) is 18.2 Å². The highest BCUT2D eigenvalue weighted by Gasteiger charge is 2.33. The Morgan fingerprint density at radius 2 is 1.93 bits per heavy atom. The molecule has 0 spiro atoms. The van der Waals surface area contributed by atoms with Crippen LogP contribution >= 0.6 is 0 Å². The molecule has 2 N–H and O–H groups in total. The van der Waals surface area contributed by atoms with E-state index >= 15 is 0 Å². The Balaban J connectivity index is 1.83. The summed E-state index contributed by atoms with van der Waals surface area (Å²) >= 11 is 0. The van der Waals surface area contributed by atoms with Crippen LogP contribution in [0.15, 0.2) is 59.8 Å². The van der Waals surface area contributed by atoms with Crippen molar-refractivity contribution in [2.45, 2.75) is 19.4 Å². The molecule has 2 amide bonds. The van der Waals surface area contributed by atoms with Gasteiger partial charge in [0.1, 0.15) is 0 Å². The average molecular weight is 396 g/mol. The number of rotatable bonds is 6. The number of benzene rings is 2. The van der Waals surface area contributed by atoms with Crippen LogP contribution < -0.4 is 15.7 Å². The largest absolute Gasteiger partial charge is 0.868 e. The van der Waals surface area contributed by atoms with Crippen molar-refractivity contribution < 1.29 is 24.4 Å². The third-order valence-corrected chi connectivity index (χ3v) is 4.47. The summed E-state index contributed by atoms with van der Waals surface area (Å²) in [5, 5.41) is 27.8. The lowest BCUT2D eigenvalue weighted by atomic mass is 9.95. The van der Waals surface area contributed by atoms with E-state index in [4.69, 9.17) is 4.74 Å². The maximum atomic E-state index is 12.7. The summed E-state index contributed by atoms with van der Waals surface area (Å²) in [4.78, 5) is 34.9. The van der Waals surface area contributed by atoms with E-state index in [1.165, 1.54) is 13.0 Å². The van der Waals surface area contributed by atoms with Gasteiger partial charge in [0.15, 0.2) is 0 Å². The summed E-state index contributed by atoms with van der Waals surface area (Å²) in [7, 11) is 0. The predicted octanol–water partition coefficient (Wildman–Crippen LogP) is 2.08. The van der Waals surface area contributed by atoms with Crippen molar-refractivity contribution >= 4 is 17.7 Å². The molecule has 0 fully saturated rings. The highest BCUT2D eigenvalue weighted by Crippen LogP contribution is 2.32. The fourth-order valence-electron chi connectivity index (χ4n) is 3.06. The summed E-state index contributed by atoms with van der Waals surface area (Å²) < 4.78 is 5.36. The summed E-state index contributed by atoms with van der Waals surface area (Å²) in [6, 6.07) is 11.4. The summed E-state index contributed by atoms with van der Waals surface area (Å²) in [5.74, 6) is -1.42. The van der Waals surface area contributed by atoms with Gasteiger partial charge in [-0.1, -0.05) is 42.5 Å². The fourth-order valence-corrected chi connectivity index (χ4v) is 3.06. The van der Waals surface area contributed by atoms with Crippen molar-refractivity contribution in [1.82, 2.24) is 10.6 Å². The van der Waals surface area contributed by atoms with Crippen molar-refractivity contribution in [3.05, 3.63) is 81.0 Å². The molecule has 0 saturated carbocycles. The van der Waals surface area contributed by atoms with E-state index in [1.807, 2.05) is 30.3 Å². The van der Waals surface area contributed by atoms with Crippen LogP contribution in [0.5, 0.6) is 5.75 Å². The number of urea groups is 1. The van der Waals surface area contributed by atoms with Crippen LogP contribution in [-0.2, 0) is 16.0 Å². The Labute approximate surface area is 166 Å². The first-order chi connectivity index (χ1) is 13.9. The molecule has 1 atom stereocenters. The number of carbonyl (C=O) groups is 2. The van der Waals surface area contributed by atoms with Gasteiger partial charge in [0.2, 0.25) is 0 Å². The maximum Gasteiger partial charge on any atom is 0.338 e. The maximum absolute atomic E-state index is 12.7. The molecule has 0 saturated heterocycles. The van der Waals surface area contributed by atoms with Gasteiger partial charge in [-0.15, -0.1) is 0 Å². The molecular formula is C20H18N3O6-. The van der Waals surface area contributed by atoms with Gasteiger partial charge in [-0.2, -0.15) is 0 Å². The zero-order valence-corrected chi connectivity index (χ0v) is 15.5. The molecule has 9 nitrogen and oxygen atoms in total. The van der Waals surface area contributed by atoms with Crippen LogP contribution in [-0.4, -0.2) is 23.5 Å². The van der Waals surface area contributed by atoms with Crippen LogP contribution in [0.4, 0.5) is 10.5 Å². The van der Waals surface area contributed by atoms with Gasteiger partial charge in [-0.3, -0.25) is 10.1 Å². The number of hydrogen-bond acceptors (Lipinski definition) is 6. The number of allylic oxidation sites excluding steroid dienone is 1. The number of esters is 1. The van der Waals surface area contributed by atoms with Crippen LogP contribution in [0, 0.1) is 10.1 Å². The number of nitro benzene ring substituents is 1. The Hall–Kier alpha value is -3.88. The predicted molar refractivity (Wildman–Crippen MR) is 101 cm³/mol.